The van der Waals surface area contributed by atoms with Crippen LogP contribution >= 0.6 is 0 Å². The van der Waals surface area contributed by atoms with Gasteiger partial charge in [-0.1, -0.05) is 37.6 Å². The molecule has 0 aliphatic heterocycles. The number of hydrogen-bond acceptors (Lipinski definition) is 1. The first-order valence-electron chi connectivity index (χ1n) is 5.63. The van der Waals surface area contributed by atoms with Gasteiger partial charge in [0, 0.05) is 6.20 Å². The summed E-state index contributed by atoms with van der Waals surface area (Å²) in [4.78, 5) is 3.71. The lowest BCUT2D eigenvalue weighted by Gasteiger charge is -2.05. The molecule has 0 unspecified atom stereocenters. The second-order valence-corrected chi connectivity index (χ2v) is 3.59. The molecule has 0 saturated carbocycles. The molecule has 0 aromatic carbocycles. The minimum absolute atomic E-state index is 1.06. The smallest absolute Gasteiger partial charge is 0.0266 e. The van der Waals surface area contributed by atoms with E-state index in [0.717, 1.165) is 5.57 Å². The Balaban J connectivity index is 0. The SMILES string of the molecule is C=N/C=C\C(=C(C)C)/C(C)=C\C(=C)C.CC. The van der Waals surface area contributed by atoms with Crippen molar-refractivity contribution in [2.45, 2.75) is 41.5 Å². The Bertz CT molecular complexity index is 310. The molecule has 0 saturated heterocycles. The molecule has 0 atom stereocenters. The van der Waals surface area contributed by atoms with Crippen molar-refractivity contribution in [2.75, 3.05) is 0 Å². The van der Waals surface area contributed by atoms with Gasteiger partial charge in [-0.05, 0) is 51.6 Å². The molecule has 0 heterocycles. The van der Waals surface area contributed by atoms with Gasteiger partial charge >= 0.3 is 0 Å². The van der Waals surface area contributed by atoms with Gasteiger partial charge in [0.2, 0.25) is 0 Å². The highest BCUT2D eigenvalue weighted by molar-refractivity contribution is 5.44. The molecule has 0 radical (unpaired) electrons. The first-order valence-corrected chi connectivity index (χ1v) is 5.63. The van der Waals surface area contributed by atoms with Crippen molar-refractivity contribution in [1.82, 2.24) is 0 Å². The highest BCUT2D eigenvalue weighted by Crippen LogP contribution is 2.17. The van der Waals surface area contributed by atoms with E-state index in [4.69, 9.17) is 0 Å². The summed E-state index contributed by atoms with van der Waals surface area (Å²) in [5, 5.41) is 0. The molecule has 0 aromatic rings. The maximum absolute atomic E-state index is 3.86. The van der Waals surface area contributed by atoms with Crippen LogP contribution in [0, 0.1) is 0 Å². The van der Waals surface area contributed by atoms with E-state index < -0.39 is 0 Å². The minimum Gasteiger partial charge on any atom is -0.272 e. The van der Waals surface area contributed by atoms with Gasteiger partial charge < -0.3 is 0 Å². The van der Waals surface area contributed by atoms with Crippen molar-refractivity contribution in [3.05, 3.63) is 47.2 Å². The zero-order valence-electron chi connectivity index (χ0n) is 11.6. The monoisotopic (exact) mass is 219 g/mol. The van der Waals surface area contributed by atoms with Crippen LogP contribution in [0.3, 0.4) is 0 Å². The van der Waals surface area contributed by atoms with E-state index >= 15 is 0 Å². The van der Waals surface area contributed by atoms with E-state index in [0.29, 0.717) is 0 Å². The van der Waals surface area contributed by atoms with Crippen molar-refractivity contribution in [2.24, 2.45) is 4.99 Å². The fraction of sp³-hybridized carbons (Fsp3) is 0.400. The average Bonchev–Trinajstić information content (AvgIpc) is 2.19. The Morgan fingerprint density at radius 3 is 1.88 bits per heavy atom. The summed E-state index contributed by atoms with van der Waals surface area (Å²) in [5.41, 5.74) is 4.72. The number of rotatable bonds is 4. The van der Waals surface area contributed by atoms with Crippen LogP contribution in [0.25, 0.3) is 0 Å². The molecular weight excluding hydrogens is 194 g/mol. The summed E-state index contributed by atoms with van der Waals surface area (Å²) < 4.78 is 0. The second kappa shape index (κ2) is 10.2. The molecule has 0 amide bonds. The maximum Gasteiger partial charge on any atom is 0.0266 e. The Morgan fingerprint density at radius 1 is 1.06 bits per heavy atom. The topological polar surface area (TPSA) is 12.4 Å². The largest absolute Gasteiger partial charge is 0.272 e. The Morgan fingerprint density at radius 2 is 1.56 bits per heavy atom. The van der Waals surface area contributed by atoms with Crippen LogP contribution in [0.15, 0.2) is 52.2 Å². The summed E-state index contributed by atoms with van der Waals surface area (Å²) in [6.07, 6.45) is 5.74. The van der Waals surface area contributed by atoms with Gasteiger partial charge in [0.05, 0.1) is 0 Å². The quantitative estimate of drug-likeness (QED) is 0.461. The Kier molecular flexibility index (Phi) is 10.8. The lowest BCUT2D eigenvalue weighted by atomic mass is 10.0. The lowest BCUT2D eigenvalue weighted by molar-refractivity contribution is 1.27. The molecule has 1 heteroatoms. The molecule has 0 spiro atoms. The second-order valence-electron chi connectivity index (χ2n) is 3.59. The van der Waals surface area contributed by atoms with Crippen LogP contribution < -0.4 is 0 Å². The Labute approximate surface area is 101 Å². The number of allylic oxidation sites excluding steroid dienone is 6. The zero-order chi connectivity index (χ0) is 13.1. The van der Waals surface area contributed by atoms with Crippen LogP contribution in [-0.2, 0) is 0 Å². The highest BCUT2D eigenvalue weighted by Gasteiger charge is 1.97. The van der Waals surface area contributed by atoms with Gasteiger partial charge in [0.25, 0.3) is 0 Å². The van der Waals surface area contributed by atoms with E-state index in [1.165, 1.54) is 16.7 Å². The lowest BCUT2D eigenvalue weighted by Crippen LogP contribution is -1.85. The van der Waals surface area contributed by atoms with Crippen LogP contribution in [0.5, 0.6) is 0 Å². The average molecular weight is 219 g/mol. The van der Waals surface area contributed by atoms with Gasteiger partial charge in [0.15, 0.2) is 0 Å². The fourth-order valence-corrected chi connectivity index (χ4v) is 1.27. The van der Waals surface area contributed by atoms with Crippen molar-refractivity contribution in [3.8, 4) is 0 Å². The third kappa shape index (κ3) is 7.98. The molecule has 0 fully saturated rings. The van der Waals surface area contributed by atoms with Gasteiger partial charge in [-0.15, -0.1) is 0 Å². The molecule has 0 rings (SSSR count). The third-order valence-corrected chi connectivity index (χ3v) is 1.77. The van der Waals surface area contributed by atoms with Gasteiger partial charge in [0.1, 0.15) is 0 Å². The third-order valence-electron chi connectivity index (χ3n) is 1.77. The Hall–Kier alpha value is -1.37. The van der Waals surface area contributed by atoms with Crippen molar-refractivity contribution in [3.63, 3.8) is 0 Å². The first kappa shape index (κ1) is 17.0. The molecule has 90 valence electrons. The molecular formula is C15H25N. The van der Waals surface area contributed by atoms with Crippen LogP contribution in [0.4, 0.5) is 0 Å². The van der Waals surface area contributed by atoms with E-state index in [1.807, 2.05) is 26.8 Å². The summed E-state index contributed by atoms with van der Waals surface area (Å²) in [5.74, 6) is 0. The zero-order valence-corrected chi connectivity index (χ0v) is 11.6. The van der Waals surface area contributed by atoms with Gasteiger partial charge in [-0.3, -0.25) is 4.99 Å². The van der Waals surface area contributed by atoms with Crippen molar-refractivity contribution >= 4 is 6.72 Å². The molecule has 0 aromatic heterocycles. The highest BCUT2D eigenvalue weighted by atomic mass is 14.6. The maximum atomic E-state index is 3.86. The predicted octanol–water partition coefficient (Wildman–Crippen LogP) is 5.09. The predicted molar refractivity (Wildman–Crippen MR) is 77.0 cm³/mol. The molecule has 0 bridgehead atoms. The van der Waals surface area contributed by atoms with Gasteiger partial charge in [-0.25, -0.2) is 0 Å². The number of hydrogen-bond donors (Lipinski definition) is 0. The van der Waals surface area contributed by atoms with Crippen LogP contribution in [0.1, 0.15) is 41.5 Å². The standard InChI is InChI=1S/C13H19N.C2H6/c1-10(2)9-12(5)13(11(3)4)7-8-14-6;1-2/h7-9H,1,6H2,2-5H3;1-2H3/b8-7-,12-9-;. The van der Waals surface area contributed by atoms with Crippen LogP contribution in [0.2, 0.25) is 0 Å². The fourth-order valence-electron chi connectivity index (χ4n) is 1.27. The summed E-state index contributed by atoms with van der Waals surface area (Å²) in [7, 11) is 0. The summed E-state index contributed by atoms with van der Waals surface area (Å²) in [6, 6.07) is 0. The summed E-state index contributed by atoms with van der Waals surface area (Å²) >= 11 is 0. The molecule has 0 aliphatic carbocycles. The molecule has 0 N–H and O–H groups in total. The van der Waals surface area contributed by atoms with Gasteiger partial charge in [-0.2, -0.15) is 0 Å². The first-order chi connectivity index (χ1) is 7.49. The van der Waals surface area contributed by atoms with E-state index in [9.17, 15) is 0 Å². The minimum atomic E-state index is 1.06. The van der Waals surface area contributed by atoms with Crippen molar-refractivity contribution < 1.29 is 0 Å². The van der Waals surface area contributed by atoms with E-state index in [-0.39, 0.29) is 0 Å². The summed E-state index contributed by atoms with van der Waals surface area (Å²) in [6.45, 7) is 19.5. The normalized spacial score (nSPS) is 10.5. The van der Waals surface area contributed by atoms with E-state index in [2.05, 4.69) is 45.1 Å². The molecule has 0 aliphatic rings. The molecule has 16 heavy (non-hydrogen) atoms. The molecule has 1 nitrogen and oxygen atoms in total. The van der Waals surface area contributed by atoms with Crippen LogP contribution in [-0.4, -0.2) is 6.72 Å². The number of aliphatic imine (C=N–C) groups is 1. The number of nitrogens with zero attached hydrogens (tertiary/aromatic N) is 1. The van der Waals surface area contributed by atoms with Crippen molar-refractivity contribution in [1.29, 1.82) is 0 Å². The van der Waals surface area contributed by atoms with E-state index in [1.54, 1.807) is 6.20 Å².